The Morgan fingerprint density at radius 3 is 1.29 bits per heavy atom. The predicted molar refractivity (Wildman–Crippen MR) is 28.3 cm³/mol. The standard InChI is InChI=1S/CH2Cl.2CH3O.Al/c3*1-2;/h1H2;2*1H3;/q;2*-1;+2. The molecule has 0 aromatic rings. The Bertz CT molecular complexity index is 12.9. The third-order valence-corrected chi connectivity index (χ3v) is 0. The molecule has 0 amide bonds. The van der Waals surface area contributed by atoms with E-state index in [1.807, 2.05) is 0 Å². The summed E-state index contributed by atoms with van der Waals surface area (Å²) in [4.78, 5) is 0. The molecule has 0 heterocycles. The van der Waals surface area contributed by atoms with Crippen LogP contribution in [0.5, 0.6) is 0 Å². The summed E-state index contributed by atoms with van der Waals surface area (Å²) in [5.74, 6) is 0. The van der Waals surface area contributed by atoms with E-state index >= 15 is 0 Å². The Hall–Kier alpha value is 0.742. The van der Waals surface area contributed by atoms with E-state index in [4.69, 9.17) is 21.8 Å². The first-order chi connectivity index (χ1) is 3.41. The summed E-state index contributed by atoms with van der Waals surface area (Å²) in [7, 11) is 1.50. The summed E-state index contributed by atoms with van der Waals surface area (Å²) in [5.41, 5.74) is 0. The van der Waals surface area contributed by atoms with Gasteiger partial charge >= 0.3 is 32.6 Å². The van der Waals surface area contributed by atoms with E-state index in [9.17, 15) is 0 Å². The van der Waals surface area contributed by atoms with Gasteiger partial charge in [0.1, 0.15) is 0 Å². The third kappa shape index (κ3) is 275. The average molecular weight is 139 g/mol. The number of halogens is 1. The van der Waals surface area contributed by atoms with Crippen molar-refractivity contribution in [3.05, 3.63) is 0 Å². The maximum absolute atomic E-state index is 8.25. The minimum atomic E-state index is 0.639. The van der Waals surface area contributed by atoms with Gasteiger partial charge in [0.25, 0.3) is 0 Å². The molecule has 0 aliphatic heterocycles. The molecule has 0 aliphatic carbocycles. The molecule has 0 saturated heterocycles. The number of hydrogen-bond acceptors (Lipinski definition) is 2. The van der Waals surface area contributed by atoms with Crippen molar-refractivity contribution in [2.45, 2.75) is 0 Å². The molecule has 0 spiro atoms. The fraction of sp³-hybridized carbons (Fsp3) is 1.00. The zero-order valence-corrected chi connectivity index (χ0v) is 6.39. The van der Waals surface area contributed by atoms with Crippen molar-refractivity contribution >= 4 is 27.9 Å². The van der Waals surface area contributed by atoms with Gasteiger partial charge in [-0.25, -0.2) is 0 Å². The third-order valence-electron chi connectivity index (χ3n) is 0. The van der Waals surface area contributed by atoms with Crippen LogP contribution in [0, 0.1) is 0 Å². The van der Waals surface area contributed by atoms with Gasteiger partial charge in [0.2, 0.25) is 0 Å². The average Bonchev–Trinajstić information content (AvgIpc) is 1.78. The van der Waals surface area contributed by atoms with E-state index in [-0.39, 0.29) is 0 Å². The fourth-order valence-corrected chi connectivity index (χ4v) is 0. The van der Waals surface area contributed by atoms with E-state index in [1.165, 1.54) is 0 Å². The number of hydrogen-bond donors (Lipinski definition) is 0. The van der Waals surface area contributed by atoms with E-state index < -0.39 is 0 Å². The van der Waals surface area contributed by atoms with Gasteiger partial charge in [-0.15, -0.1) is 0 Å². The Labute approximate surface area is 57.5 Å². The van der Waals surface area contributed by atoms with Crippen LogP contribution in [0.1, 0.15) is 0 Å². The molecule has 42 valence electrons. The first-order valence-electron chi connectivity index (χ1n) is 1.49. The second-order valence-electron chi connectivity index (χ2n) is 0.154. The van der Waals surface area contributed by atoms with Crippen LogP contribution in [0.4, 0.5) is 0 Å². The molecular weight excluding hydrogens is 130 g/mol. The molecule has 0 rings (SSSR count). The Balaban J connectivity index is -0.0000000360. The van der Waals surface area contributed by atoms with Crippen LogP contribution in [0.25, 0.3) is 0 Å². The Morgan fingerprint density at radius 2 is 1.29 bits per heavy atom. The van der Waals surface area contributed by atoms with Gasteiger partial charge < -0.3 is 10.2 Å². The van der Waals surface area contributed by atoms with Gasteiger partial charge in [-0.2, -0.15) is 14.2 Å². The molecule has 0 radical (unpaired) electrons. The summed E-state index contributed by atoms with van der Waals surface area (Å²) in [5, 5.41) is 16.5. The monoisotopic (exact) mass is 138 g/mol. The zero-order chi connectivity index (χ0) is 6.71. The Morgan fingerprint density at radius 1 is 1.29 bits per heavy atom. The van der Waals surface area contributed by atoms with Crippen LogP contribution >= 0.6 is 11.6 Å². The van der Waals surface area contributed by atoms with Gasteiger partial charge in [0.15, 0.2) is 0 Å². The van der Waals surface area contributed by atoms with Crippen LogP contribution in [0.2, 0.25) is 0 Å². The molecule has 0 N–H and O–H groups in total. The van der Waals surface area contributed by atoms with E-state index in [0.29, 0.717) is 4.74 Å². The van der Waals surface area contributed by atoms with Crippen molar-refractivity contribution < 1.29 is 10.2 Å². The van der Waals surface area contributed by atoms with Crippen LogP contribution in [0.15, 0.2) is 0 Å². The minimum absolute atomic E-state index is 0.639. The summed E-state index contributed by atoms with van der Waals surface area (Å²) < 4.78 is 0.639. The van der Waals surface area contributed by atoms with Gasteiger partial charge in [0, 0.05) is 0 Å². The molecule has 0 aromatic heterocycles. The first-order valence-corrected chi connectivity index (χ1v) is 2.84. The first kappa shape index (κ1) is 15.6. The molecule has 0 aromatic carbocycles. The molecule has 2 nitrogen and oxygen atoms in total. The number of rotatable bonds is 0. The molecule has 0 saturated carbocycles. The Kier molecular flexibility index (Phi) is 164. The van der Waals surface area contributed by atoms with Gasteiger partial charge in [-0.05, 0) is 0 Å². The van der Waals surface area contributed by atoms with E-state index in [0.717, 1.165) is 14.2 Å². The summed E-state index contributed by atoms with van der Waals surface area (Å²) in [6, 6.07) is 0. The van der Waals surface area contributed by atoms with Crippen LogP contribution in [-0.4, -0.2) is 35.3 Å². The van der Waals surface area contributed by atoms with Crippen LogP contribution < -0.4 is 10.2 Å². The van der Waals surface area contributed by atoms with E-state index in [2.05, 4.69) is 16.3 Å². The summed E-state index contributed by atoms with van der Waals surface area (Å²) >= 11 is 7.31. The van der Waals surface area contributed by atoms with Crippen molar-refractivity contribution in [1.82, 2.24) is 0 Å². The van der Waals surface area contributed by atoms with Crippen molar-refractivity contribution in [2.75, 3.05) is 19.0 Å². The van der Waals surface area contributed by atoms with Gasteiger partial charge in [-0.3, -0.25) is 0 Å². The van der Waals surface area contributed by atoms with Crippen molar-refractivity contribution in [2.24, 2.45) is 0 Å². The fourth-order valence-electron chi connectivity index (χ4n) is 0. The SMILES string of the molecule is C[O-].C[O-].[Al+2][CH2]Cl. The molecule has 7 heavy (non-hydrogen) atoms. The summed E-state index contributed by atoms with van der Waals surface area (Å²) in [6.07, 6.45) is 0. The molecule has 0 fully saturated rings. The molecule has 0 atom stereocenters. The van der Waals surface area contributed by atoms with E-state index in [1.54, 1.807) is 0 Å². The molecule has 4 heteroatoms. The quantitative estimate of drug-likeness (QED) is 0.296. The maximum atomic E-state index is 8.25. The zero-order valence-electron chi connectivity index (χ0n) is 4.48. The van der Waals surface area contributed by atoms with Crippen molar-refractivity contribution in [3.63, 3.8) is 0 Å². The molecule has 0 aliphatic rings. The van der Waals surface area contributed by atoms with Crippen molar-refractivity contribution in [3.8, 4) is 0 Å². The summed E-state index contributed by atoms with van der Waals surface area (Å²) in [6.45, 7) is 0. The molecule has 0 bridgehead atoms. The normalized spacial score (nSPS) is 4.43. The second-order valence-corrected chi connectivity index (χ2v) is 1.39. The van der Waals surface area contributed by atoms with Crippen LogP contribution in [-0.2, 0) is 0 Å². The second kappa shape index (κ2) is 73.2. The molecule has 0 unspecified atom stereocenters. The van der Waals surface area contributed by atoms with Crippen molar-refractivity contribution in [1.29, 1.82) is 0 Å². The molecular formula is C3H8AlClO2. The van der Waals surface area contributed by atoms with Gasteiger partial charge in [0.05, 0.1) is 0 Å². The topological polar surface area (TPSA) is 46.1 Å². The van der Waals surface area contributed by atoms with Gasteiger partial charge in [-0.1, -0.05) is 0 Å². The predicted octanol–water partition coefficient (Wildman–Crippen LogP) is -1.70. The number of alkyl halides is 1. The van der Waals surface area contributed by atoms with Crippen LogP contribution in [0.3, 0.4) is 0 Å².